The van der Waals surface area contributed by atoms with Gasteiger partial charge in [-0.25, -0.2) is 0 Å². The van der Waals surface area contributed by atoms with Crippen molar-refractivity contribution >= 4 is 42.5 Å². The van der Waals surface area contributed by atoms with Crippen LogP contribution in [-0.2, 0) is 13.2 Å². The van der Waals surface area contributed by atoms with Crippen LogP contribution in [0.3, 0.4) is 0 Å². The van der Waals surface area contributed by atoms with Gasteiger partial charge in [-0.2, -0.15) is 0 Å². The van der Waals surface area contributed by atoms with E-state index < -0.39 is 19.2 Å². The van der Waals surface area contributed by atoms with E-state index in [9.17, 15) is 0 Å². The van der Waals surface area contributed by atoms with Crippen molar-refractivity contribution in [1.29, 1.82) is 0 Å². The van der Waals surface area contributed by atoms with Gasteiger partial charge in [0.25, 0.3) is 0 Å². The fraction of sp³-hybridized carbons (Fsp3) is 0.333. The summed E-state index contributed by atoms with van der Waals surface area (Å²) in [5.74, 6) is -1.08. The Morgan fingerprint density at radius 2 is 1.14 bits per heavy atom. The molecule has 2 aromatic rings. The van der Waals surface area contributed by atoms with Crippen LogP contribution < -0.4 is 0 Å². The Balaban J connectivity index is 2.02. The third-order valence-electron chi connectivity index (χ3n) is 7.16. The number of hydrogen-bond donors (Lipinski definition) is 0. The number of allylic oxidation sites excluding steroid dienone is 2. The zero-order valence-electron chi connectivity index (χ0n) is 17.2. The Morgan fingerprint density at radius 1 is 0.750 bits per heavy atom. The van der Waals surface area contributed by atoms with Crippen LogP contribution in [0.15, 0.2) is 59.7 Å². The number of benzene rings is 2. The van der Waals surface area contributed by atoms with Crippen molar-refractivity contribution in [3.05, 3.63) is 81.9 Å². The van der Waals surface area contributed by atoms with Crippen molar-refractivity contribution in [2.75, 3.05) is 0 Å². The molecule has 0 heterocycles. The van der Waals surface area contributed by atoms with Crippen LogP contribution in [0.25, 0.3) is 12.2 Å². The van der Waals surface area contributed by atoms with Crippen LogP contribution in [0, 0.1) is 0 Å². The zero-order valence-corrected chi connectivity index (χ0v) is 24.0. The second kappa shape index (κ2) is 7.59. The van der Waals surface area contributed by atoms with Crippen molar-refractivity contribution in [3.8, 4) is 0 Å². The molecule has 2 atom stereocenters. The standard InChI is InChI=1S/2C10H9.C4H11Si.2BrH.Zr/c2*1-8-6-9-4-2-3-5-10(9)7-8;1-3-5-4-2;;;/h2*2-7H,1H3;5H,3-4H2,1-2H3;2*1H;/q;;;;;+2/p-2. The Morgan fingerprint density at radius 3 is 1.54 bits per heavy atom. The van der Waals surface area contributed by atoms with E-state index in [0.717, 1.165) is 0 Å². The second-order valence-electron chi connectivity index (χ2n) is 8.64. The summed E-state index contributed by atoms with van der Waals surface area (Å²) in [5.41, 5.74) is 9.07. The number of hydrogen-bond acceptors (Lipinski definition) is 0. The normalized spacial score (nSPS) is 22.3. The summed E-state index contributed by atoms with van der Waals surface area (Å²) in [6.07, 6.45) is 4.90. The minimum atomic E-state index is -3.72. The molecule has 0 aromatic heterocycles. The molecule has 0 spiro atoms. The van der Waals surface area contributed by atoms with Crippen molar-refractivity contribution in [3.63, 3.8) is 0 Å². The Hall–Kier alpha value is -0.0200. The van der Waals surface area contributed by atoms with E-state index in [2.05, 4.69) is 88.4 Å². The first-order valence-corrected chi connectivity index (χ1v) is 31.0. The molecule has 4 heteroatoms. The van der Waals surface area contributed by atoms with E-state index in [1.54, 1.807) is 22.3 Å². The van der Waals surface area contributed by atoms with Gasteiger partial charge < -0.3 is 0 Å². The molecule has 0 saturated heterocycles. The summed E-state index contributed by atoms with van der Waals surface area (Å²) in [7, 11) is 0. The van der Waals surface area contributed by atoms with Crippen molar-refractivity contribution in [2.45, 2.75) is 47.0 Å². The van der Waals surface area contributed by atoms with E-state index in [-0.39, 0.29) is 0 Å². The maximum absolute atomic E-state index is 4.76. The van der Waals surface area contributed by atoms with Gasteiger partial charge in [0, 0.05) is 0 Å². The van der Waals surface area contributed by atoms with Gasteiger partial charge in [-0.15, -0.1) is 0 Å². The number of fused-ring (bicyclic) bond motifs is 2. The summed E-state index contributed by atoms with van der Waals surface area (Å²) in [4.78, 5) is 0. The molecular weight excluding hydrogens is 567 g/mol. The summed E-state index contributed by atoms with van der Waals surface area (Å²) in [6.45, 7) is 9.63. The molecule has 147 valence electrons. The molecule has 2 aliphatic carbocycles. The second-order valence-corrected chi connectivity index (χ2v) is 71.2. The van der Waals surface area contributed by atoms with E-state index >= 15 is 0 Å². The third kappa shape index (κ3) is 2.96. The average molecular weight is 597 g/mol. The van der Waals surface area contributed by atoms with Crippen LogP contribution in [0.4, 0.5) is 0 Å². The summed E-state index contributed by atoms with van der Waals surface area (Å²) >= 11 is 5.80. The molecule has 0 saturated carbocycles. The van der Waals surface area contributed by atoms with Crippen LogP contribution in [0.1, 0.15) is 57.2 Å². The predicted octanol–water partition coefficient (Wildman–Crippen LogP) is 8.38. The fourth-order valence-electron chi connectivity index (χ4n) is 6.13. The van der Waals surface area contributed by atoms with Crippen LogP contribution in [0.2, 0.25) is 12.1 Å². The molecule has 0 bridgehead atoms. The number of halogens is 2. The molecule has 28 heavy (non-hydrogen) atoms. The monoisotopic (exact) mass is 593 g/mol. The first-order chi connectivity index (χ1) is 13.3. The van der Waals surface area contributed by atoms with E-state index in [1.807, 2.05) is 0 Å². The number of rotatable bonds is 5. The molecule has 0 fully saturated rings. The average Bonchev–Trinajstić information content (AvgIpc) is 3.18. The molecule has 2 aromatic carbocycles. The Kier molecular flexibility index (Phi) is 5.75. The molecule has 0 radical (unpaired) electrons. The summed E-state index contributed by atoms with van der Waals surface area (Å²) < 4.78 is 1.07. The fourth-order valence-corrected chi connectivity index (χ4v) is 80.0. The van der Waals surface area contributed by atoms with Crippen LogP contribution in [-0.4, -0.2) is 5.92 Å². The molecule has 2 aliphatic rings. The van der Waals surface area contributed by atoms with Gasteiger partial charge in [0.1, 0.15) is 0 Å². The zero-order chi connectivity index (χ0) is 20.1. The Bertz CT molecular complexity index is 916. The van der Waals surface area contributed by atoms with Crippen LogP contribution >= 0.6 is 24.4 Å². The molecule has 0 N–H and O–H groups in total. The van der Waals surface area contributed by atoms with Gasteiger partial charge in [-0.1, -0.05) is 0 Å². The van der Waals surface area contributed by atoms with Crippen molar-refractivity contribution in [2.24, 2.45) is 0 Å². The summed E-state index contributed by atoms with van der Waals surface area (Å²) in [6, 6.07) is 20.9. The van der Waals surface area contributed by atoms with Crippen LogP contribution in [0.5, 0.6) is 0 Å². The first-order valence-electron chi connectivity index (χ1n) is 10.4. The van der Waals surface area contributed by atoms with E-state index in [0.29, 0.717) is 7.25 Å². The summed E-state index contributed by atoms with van der Waals surface area (Å²) in [5, 5.41) is 0. The maximum atomic E-state index is 4.76. The quantitative estimate of drug-likeness (QED) is 0.304. The molecule has 4 rings (SSSR count). The van der Waals surface area contributed by atoms with Gasteiger partial charge in [0.2, 0.25) is 0 Å². The van der Waals surface area contributed by atoms with Gasteiger partial charge in [-0.3, -0.25) is 0 Å². The molecule has 0 nitrogen and oxygen atoms in total. The molecule has 0 aliphatic heterocycles. The predicted molar refractivity (Wildman–Crippen MR) is 132 cm³/mol. The Labute approximate surface area is 183 Å². The molecular formula is C24H29Br2SiZr. The topological polar surface area (TPSA) is 0 Å². The first kappa shape index (κ1) is 21.2. The minimum absolute atomic E-state index is 0.536. The SMILES string of the molecule is CC[SiH](CC)[Zr]([Br])([Br])([CH]1C(C)=Cc2ccccc21)[CH]1C(C)=Cc2ccccc21. The van der Waals surface area contributed by atoms with E-state index in [4.69, 9.17) is 24.4 Å². The third-order valence-corrected chi connectivity index (χ3v) is 75.2. The van der Waals surface area contributed by atoms with Gasteiger partial charge in [-0.05, 0) is 0 Å². The molecule has 2 unspecified atom stereocenters. The van der Waals surface area contributed by atoms with Gasteiger partial charge in [0.15, 0.2) is 0 Å². The molecule has 0 amide bonds. The van der Waals surface area contributed by atoms with E-state index in [1.165, 1.54) is 23.2 Å². The van der Waals surface area contributed by atoms with Gasteiger partial charge in [0.05, 0.1) is 0 Å². The van der Waals surface area contributed by atoms with Crippen molar-refractivity contribution < 1.29 is 13.2 Å². The van der Waals surface area contributed by atoms with Crippen molar-refractivity contribution in [1.82, 2.24) is 0 Å². The van der Waals surface area contributed by atoms with Gasteiger partial charge >= 0.3 is 185 Å².